The molecule has 7 heteroatoms. The summed E-state index contributed by atoms with van der Waals surface area (Å²) in [6.45, 7) is 0. The smallest absolute Gasteiger partial charge is 0.349 e. The molecule has 0 amide bonds. The monoisotopic (exact) mass is 197 g/mol. The first-order valence-electron chi connectivity index (χ1n) is 3.61. The lowest BCUT2D eigenvalue weighted by Gasteiger charge is -1.98. The predicted octanol–water partition coefficient (Wildman–Crippen LogP) is 1.48. The van der Waals surface area contributed by atoms with Crippen LogP contribution in [0.2, 0.25) is 0 Å². The standard InChI is InChI=1S/C7H7N3O4/c1-14-7-4-2-6(3-5-7)9(11)8-10(12)13/h2-5H,1H3. The first kappa shape index (κ1) is 9.90. The van der Waals surface area contributed by atoms with Crippen LogP contribution in [0, 0.1) is 15.3 Å². The van der Waals surface area contributed by atoms with E-state index in [0.717, 1.165) is 0 Å². The van der Waals surface area contributed by atoms with Gasteiger partial charge in [-0.05, 0) is 12.1 Å². The molecule has 1 aromatic rings. The molecule has 0 heterocycles. The molecule has 0 saturated carbocycles. The average molecular weight is 197 g/mol. The normalized spacial score (nSPS) is 11.1. The van der Waals surface area contributed by atoms with Crippen LogP contribution in [0.1, 0.15) is 0 Å². The zero-order valence-corrected chi connectivity index (χ0v) is 7.28. The number of hydrogen-bond acceptors (Lipinski definition) is 4. The summed E-state index contributed by atoms with van der Waals surface area (Å²) in [4.78, 5) is 9.81. The van der Waals surface area contributed by atoms with Gasteiger partial charge >= 0.3 is 5.22 Å². The summed E-state index contributed by atoms with van der Waals surface area (Å²) in [5, 5.41) is 22.3. The van der Waals surface area contributed by atoms with E-state index in [4.69, 9.17) is 4.74 Å². The van der Waals surface area contributed by atoms with E-state index in [9.17, 15) is 15.3 Å². The van der Waals surface area contributed by atoms with Crippen molar-refractivity contribution < 1.29 is 14.6 Å². The summed E-state index contributed by atoms with van der Waals surface area (Å²) in [5.41, 5.74) is 0.0718. The number of nitro groups is 1. The fraction of sp³-hybridized carbons (Fsp3) is 0.143. The van der Waals surface area contributed by atoms with Gasteiger partial charge in [0.2, 0.25) is 0 Å². The Balaban J connectivity index is 2.92. The van der Waals surface area contributed by atoms with E-state index >= 15 is 0 Å². The second-order valence-corrected chi connectivity index (χ2v) is 2.30. The maximum atomic E-state index is 10.9. The van der Waals surface area contributed by atoms with Crippen LogP contribution >= 0.6 is 0 Å². The summed E-state index contributed by atoms with van der Waals surface area (Å²) in [6.07, 6.45) is 0. The van der Waals surface area contributed by atoms with Crippen LogP contribution in [0.3, 0.4) is 0 Å². The Morgan fingerprint density at radius 1 is 1.29 bits per heavy atom. The van der Waals surface area contributed by atoms with Gasteiger partial charge in [0.15, 0.2) is 0 Å². The van der Waals surface area contributed by atoms with E-state index in [1.807, 2.05) is 0 Å². The van der Waals surface area contributed by atoms with E-state index in [1.165, 1.54) is 31.4 Å². The fourth-order valence-corrected chi connectivity index (χ4v) is 0.828. The quantitative estimate of drug-likeness (QED) is 0.317. The van der Waals surface area contributed by atoms with Gasteiger partial charge in [0, 0.05) is 17.0 Å². The second kappa shape index (κ2) is 4.17. The number of benzene rings is 1. The molecular weight excluding hydrogens is 190 g/mol. The molecule has 0 saturated heterocycles. The molecule has 7 nitrogen and oxygen atoms in total. The molecule has 0 fully saturated rings. The first-order chi connectivity index (χ1) is 6.63. The zero-order chi connectivity index (χ0) is 10.6. The maximum absolute atomic E-state index is 10.9. The number of ether oxygens (including phenoxy) is 1. The Bertz CT molecular complexity index is 360. The van der Waals surface area contributed by atoms with Crippen molar-refractivity contribution in [2.45, 2.75) is 0 Å². The van der Waals surface area contributed by atoms with Gasteiger partial charge in [0.25, 0.3) is 10.7 Å². The molecule has 0 aromatic heterocycles. The van der Waals surface area contributed by atoms with Crippen molar-refractivity contribution in [3.05, 3.63) is 39.6 Å². The van der Waals surface area contributed by atoms with E-state index in [0.29, 0.717) is 5.75 Å². The third kappa shape index (κ3) is 2.41. The molecule has 0 atom stereocenters. The molecule has 0 bridgehead atoms. The minimum atomic E-state index is -1.06. The van der Waals surface area contributed by atoms with E-state index in [-0.39, 0.29) is 10.5 Å². The topological polar surface area (TPSA) is 90.8 Å². The summed E-state index contributed by atoms with van der Waals surface area (Å²) < 4.78 is 4.84. The highest BCUT2D eigenvalue weighted by Crippen LogP contribution is 2.17. The highest BCUT2D eigenvalue weighted by molar-refractivity contribution is 5.35. The molecule has 0 aliphatic carbocycles. The van der Waals surface area contributed by atoms with Crippen molar-refractivity contribution in [3.63, 3.8) is 0 Å². The highest BCUT2D eigenvalue weighted by atomic mass is 16.7. The lowest BCUT2D eigenvalue weighted by Crippen LogP contribution is -1.97. The molecule has 74 valence electrons. The molecule has 1 rings (SSSR count). The van der Waals surface area contributed by atoms with Crippen molar-refractivity contribution >= 4 is 5.69 Å². The van der Waals surface area contributed by atoms with Crippen LogP contribution in [-0.2, 0) is 0 Å². The van der Waals surface area contributed by atoms with E-state index in [2.05, 4.69) is 5.22 Å². The van der Waals surface area contributed by atoms with E-state index < -0.39 is 5.03 Å². The number of hydrogen-bond donors (Lipinski definition) is 0. The van der Waals surface area contributed by atoms with Gasteiger partial charge in [-0.15, -0.1) is 0 Å². The van der Waals surface area contributed by atoms with Crippen molar-refractivity contribution in [2.75, 3.05) is 7.11 Å². The Morgan fingerprint density at radius 3 is 2.29 bits per heavy atom. The van der Waals surface area contributed by atoms with Crippen LogP contribution in [0.4, 0.5) is 5.69 Å². The minimum Gasteiger partial charge on any atom is -0.590 e. The molecule has 1 aromatic carbocycles. The summed E-state index contributed by atoms with van der Waals surface area (Å²) in [6, 6.07) is 5.77. The Labute approximate surface area is 78.9 Å². The van der Waals surface area contributed by atoms with Crippen LogP contribution < -0.4 is 4.74 Å². The van der Waals surface area contributed by atoms with Gasteiger partial charge in [-0.3, -0.25) is 0 Å². The fourth-order valence-electron chi connectivity index (χ4n) is 0.828. The summed E-state index contributed by atoms with van der Waals surface area (Å²) in [7, 11) is 1.48. The lowest BCUT2D eigenvalue weighted by molar-refractivity contribution is -0.642. The van der Waals surface area contributed by atoms with Crippen LogP contribution in [0.5, 0.6) is 5.75 Å². The minimum absolute atomic E-state index is 0.0700. The van der Waals surface area contributed by atoms with Gasteiger partial charge in [-0.1, -0.05) is 0 Å². The molecule has 0 spiro atoms. The third-order valence-corrected chi connectivity index (χ3v) is 1.45. The van der Waals surface area contributed by atoms with Crippen LogP contribution in [0.25, 0.3) is 0 Å². The second-order valence-electron chi connectivity index (χ2n) is 2.30. The molecular formula is C7H7N3O4. The molecule has 0 unspecified atom stereocenters. The predicted molar refractivity (Wildman–Crippen MR) is 45.7 cm³/mol. The van der Waals surface area contributed by atoms with Crippen molar-refractivity contribution in [1.29, 1.82) is 0 Å². The van der Waals surface area contributed by atoms with E-state index in [1.54, 1.807) is 0 Å². The first-order valence-corrected chi connectivity index (χ1v) is 3.61. The van der Waals surface area contributed by atoms with Gasteiger partial charge in [0.05, 0.1) is 7.11 Å². The zero-order valence-electron chi connectivity index (χ0n) is 7.28. The largest absolute Gasteiger partial charge is 0.590 e. The Hall–Kier alpha value is -2.18. The van der Waals surface area contributed by atoms with Crippen molar-refractivity contribution in [2.24, 2.45) is 5.22 Å². The average Bonchev–Trinajstić information content (AvgIpc) is 2.17. The molecule has 0 aliphatic heterocycles. The number of methoxy groups -OCH3 is 1. The van der Waals surface area contributed by atoms with Gasteiger partial charge in [-0.25, -0.2) is 10.1 Å². The number of rotatable bonds is 3. The molecule has 14 heavy (non-hydrogen) atoms. The van der Waals surface area contributed by atoms with Crippen molar-refractivity contribution in [3.8, 4) is 5.75 Å². The maximum Gasteiger partial charge on any atom is 0.349 e. The third-order valence-electron chi connectivity index (χ3n) is 1.45. The Kier molecular flexibility index (Phi) is 2.95. The molecule has 0 radical (unpaired) electrons. The van der Waals surface area contributed by atoms with Gasteiger partial charge in [0.1, 0.15) is 5.75 Å². The molecule has 0 N–H and O–H groups in total. The van der Waals surface area contributed by atoms with Gasteiger partial charge < -0.3 is 9.94 Å². The van der Waals surface area contributed by atoms with Crippen LogP contribution in [0.15, 0.2) is 29.5 Å². The lowest BCUT2D eigenvalue weighted by atomic mass is 10.3. The highest BCUT2D eigenvalue weighted by Gasteiger charge is 2.07. The van der Waals surface area contributed by atoms with Crippen LogP contribution in [-0.4, -0.2) is 17.0 Å². The van der Waals surface area contributed by atoms with Crippen molar-refractivity contribution in [1.82, 2.24) is 0 Å². The summed E-state index contributed by atoms with van der Waals surface area (Å²) >= 11 is 0. The number of nitrogens with zero attached hydrogens (tertiary/aromatic N) is 3. The van der Waals surface area contributed by atoms with Gasteiger partial charge in [-0.2, -0.15) is 0 Å². The molecule has 0 aliphatic rings. The Morgan fingerprint density at radius 2 is 1.86 bits per heavy atom. The summed E-state index contributed by atoms with van der Waals surface area (Å²) in [5.74, 6) is 0.559. The SMILES string of the molecule is COc1ccc([N+]([O-])=N[N+](=O)[O-])cc1.